The van der Waals surface area contributed by atoms with E-state index in [9.17, 15) is 0 Å². The third kappa shape index (κ3) is 3.60. The lowest BCUT2D eigenvalue weighted by Crippen LogP contribution is -2.31. The molecule has 0 radical (unpaired) electrons. The van der Waals surface area contributed by atoms with Gasteiger partial charge in [0.2, 0.25) is 0 Å². The third-order valence-corrected chi connectivity index (χ3v) is 12.1. The van der Waals surface area contributed by atoms with Crippen LogP contribution in [0.2, 0.25) is 0 Å². The molecule has 2 aliphatic carbocycles. The fourth-order valence-corrected chi connectivity index (χ4v) is 9.90. The van der Waals surface area contributed by atoms with Crippen molar-refractivity contribution in [2.75, 3.05) is 4.90 Å². The van der Waals surface area contributed by atoms with Crippen molar-refractivity contribution in [3.8, 4) is 33.4 Å². The molecule has 0 amide bonds. The highest BCUT2D eigenvalue weighted by Crippen LogP contribution is 2.66. The molecular weight excluding hydrogens is 615 g/mol. The lowest BCUT2D eigenvalue weighted by atomic mass is 9.70. The SMILES string of the molecule is CC1(C)c2ccccc2N(c2cccc3c2-c2ccccc2C32c3ccccc3-c3c2ccc2ccccc32)c2ccc(-c3ccccc3)cc21. The average Bonchev–Trinajstić information content (AvgIpc) is 3.66. The summed E-state index contributed by atoms with van der Waals surface area (Å²) in [5.41, 5.74) is 19.0. The zero-order chi connectivity index (χ0) is 33.9. The monoisotopic (exact) mass is 649 g/mol. The van der Waals surface area contributed by atoms with Gasteiger partial charge in [0.1, 0.15) is 0 Å². The first-order chi connectivity index (χ1) is 25.1. The minimum Gasteiger partial charge on any atom is -0.309 e. The maximum Gasteiger partial charge on any atom is 0.0726 e. The van der Waals surface area contributed by atoms with E-state index in [1.165, 1.54) is 94.6 Å². The molecule has 1 unspecified atom stereocenters. The summed E-state index contributed by atoms with van der Waals surface area (Å²) in [5, 5.41) is 2.60. The summed E-state index contributed by atoms with van der Waals surface area (Å²) in [6.07, 6.45) is 0. The number of nitrogens with zero attached hydrogens (tertiary/aromatic N) is 1. The standard InChI is InChI=1S/C50H35N/c1-49(2)40-23-12-13-25-44(40)51(45-30-28-34(31-43(45)49)32-15-4-3-5-16-32)46-26-14-24-41-48(46)37-20-9-11-22-39(37)50(41)38-21-10-8-19-36(38)47-35-18-7-6-17-33(35)27-29-42(47)50/h3-31H,1-2H3. The summed E-state index contributed by atoms with van der Waals surface area (Å²) in [6, 6.07) is 65.9. The summed E-state index contributed by atoms with van der Waals surface area (Å²) >= 11 is 0. The van der Waals surface area contributed by atoms with E-state index in [2.05, 4.69) is 195 Å². The zero-order valence-electron chi connectivity index (χ0n) is 28.7. The van der Waals surface area contributed by atoms with Crippen molar-refractivity contribution in [2.24, 2.45) is 0 Å². The molecule has 3 aliphatic rings. The molecule has 1 spiro atoms. The van der Waals surface area contributed by atoms with E-state index < -0.39 is 5.41 Å². The van der Waals surface area contributed by atoms with Gasteiger partial charge in [0, 0.05) is 11.0 Å². The van der Waals surface area contributed by atoms with Crippen LogP contribution in [0.25, 0.3) is 44.2 Å². The van der Waals surface area contributed by atoms with E-state index >= 15 is 0 Å². The van der Waals surface area contributed by atoms with Crippen molar-refractivity contribution in [1.82, 2.24) is 0 Å². The highest BCUT2D eigenvalue weighted by molar-refractivity contribution is 6.08. The quantitative estimate of drug-likeness (QED) is 0.180. The maximum absolute atomic E-state index is 2.56. The molecule has 1 heterocycles. The Morgan fingerprint density at radius 3 is 1.76 bits per heavy atom. The molecule has 0 saturated carbocycles. The molecule has 8 aromatic rings. The van der Waals surface area contributed by atoms with Gasteiger partial charge in [0.05, 0.1) is 22.5 Å². The van der Waals surface area contributed by atoms with Crippen LogP contribution in [-0.4, -0.2) is 0 Å². The van der Waals surface area contributed by atoms with Crippen LogP contribution in [0.4, 0.5) is 17.1 Å². The van der Waals surface area contributed by atoms with Gasteiger partial charge in [-0.1, -0.05) is 166 Å². The van der Waals surface area contributed by atoms with Crippen LogP contribution in [0.1, 0.15) is 47.2 Å². The summed E-state index contributed by atoms with van der Waals surface area (Å²) in [6.45, 7) is 4.76. The van der Waals surface area contributed by atoms with E-state index in [4.69, 9.17) is 0 Å². The Morgan fingerprint density at radius 1 is 0.373 bits per heavy atom. The van der Waals surface area contributed by atoms with Crippen LogP contribution >= 0.6 is 0 Å². The molecule has 0 aromatic heterocycles. The Bertz CT molecular complexity index is 2730. The Morgan fingerprint density at radius 2 is 0.961 bits per heavy atom. The van der Waals surface area contributed by atoms with Crippen molar-refractivity contribution >= 4 is 27.8 Å². The Hall–Kier alpha value is -6.18. The van der Waals surface area contributed by atoms with Gasteiger partial charge in [-0.3, -0.25) is 0 Å². The summed E-state index contributed by atoms with van der Waals surface area (Å²) in [7, 11) is 0. The maximum atomic E-state index is 2.56. The minimum absolute atomic E-state index is 0.186. The molecule has 1 aliphatic heterocycles. The lowest BCUT2D eigenvalue weighted by molar-refractivity contribution is 0.632. The first-order valence-corrected chi connectivity index (χ1v) is 18.0. The number of hydrogen-bond donors (Lipinski definition) is 0. The van der Waals surface area contributed by atoms with Crippen LogP contribution in [-0.2, 0) is 10.8 Å². The molecule has 240 valence electrons. The van der Waals surface area contributed by atoms with Crippen molar-refractivity contribution in [2.45, 2.75) is 24.7 Å². The Labute approximate surface area is 299 Å². The average molecular weight is 650 g/mol. The molecule has 0 N–H and O–H groups in total. The van der Waals surface area contributed by atoms with Crippen molar-refractivity contribution < 1.29 is 0 Å². The van der Waals surface area contributed by atoms with E-state index in [0.29, 0.717) is 0 Å². The topological polar surface area (TPSA) is 3.24 Å². The molecule has 11 rings (SSSR count). The second-order valence-corrected chi connectivity index (χ2v) is 14.8. The Balaban J connectivity index is 1.23. The molecular formula is C50H35N. The number of rotatable bonds is 2. The first-order valence-electron chi connectivity index (χ1n) is 18.0. The van der Waals surface area contributed by atoms with E-state index in [-0.39, 0.29) is 5.41 Å². The van der Waals surface area contributed by atoms with Gasteiger partial charge in [0.15, 0.2) is 0 Å². The third-order valence-electron chi connectivity index (χ3n) is 12.1. The molecule has 1 heteroatoms. The number of fused-ring (bicyclic) bond motifs is 14. The van der Waals surface area contributed by atoms with E-state index in [0.717, 1.165) is 0 Å². The van der Waals surface area contributed by atoms with Crippen LogP contribution in [0.3, 0.4) is 0 Å². The number of benzene rings is 8. The van der Waals surface area contributed by atoms with Crippen LogP contribution in [0, 0.1) is 0 Å². The molecule has 8 aromatic carbocycles. The van der Waals surface area contributed by atoms with Crippen molar-refractivity contribution in [1.29, 1.82) is 0 Å². The van der Waals surface area contributed by atoms with Gasteiger partial charge in [-0.25, -0.2) is 0 Å². The van der Waals surface area contributed by atoms with Crippen molar-refractivity contribution in [3.05, 3.63) is 209 Å². The number of para-hydroxylation sites is 1. The van der Waals surface area contributed by atoms with Crippen LogP contribution in [0.5, 0.6) is 0 Å². The predicted octanol–water partition coefficient (Wildman–Crippen LogP) is 13.0. The predicted molar refractivity (Wildman–Crippen MR) is 212 cm³/mol. The molecule has 0 bridgehead atoms. The lowest BCUT2D eigenvalue weighted by Gasteiger charge is -2.43. The molecule has 51 heavy (non-hydrogen) atoms. The summed E-state index contributed by atoms with van der Waals surface area (Å²) < 4.78 is 0. The Kier molecular flexibility index (Phi) is 5.72. The first kappa shape index (κ1) is 28.6. The van der Waals surface area contributed by atoms with Crippen LogP contribution in [0.15, 0.2) is 176 Å². The summed E-state index contributed by atoms with van der Waals surface area (Å²) in [5.74, 6) is 0. The highest BCUT2D eigenvalue weighted by Gasteiger charge is 2.53. The molecule has 0 fully saturated rings. The second-order valence-electron chi connectivity index (χ2n) is 14.8. The van der Waals surface area contributed by atoms with Gasteiger partial charge < -0.3 is 4.90 Å². The molecule has 1 nitrogen and oxygen atoms in total. The fraction of sp³-hybridized carbons (Fsp3) is 0.0800. The van der Waals surface area contributed by atoms with E-state index in [1.54, 1.807) is 0 Å². The number of anilines is 3. The number of hydrogen-bond acceptors (Lipinski definition) is 1. The fourth-order valence-electron chi connectivity index (χ4n) is 9.90. The van der Waals surface area contributed by atoms with Crippen LogP contribution < -0.4 is 4.90 Å². The minimum atomic E-state index is -0.424. The highest BCUT2D eigenvalue weighted by atomic mass is 15.2. The molecule has 1 atom stereocenters. The second kappa shape index (κ2) is 10.2. The van der Waals surface area contributed by atoms with Gasteiger partial charge in [-0.05, 0) is 96.2 Å². The van der Waals surface area contributed by atoms with Gasteiger partial charge in [0.25, 0.3) is 0 Å². The zero-order valence-corrected chi connectivity index (χ0v) is 28.7. The normalized spacial score (nSPS) is 17.0. The van der Waals surface area contributed by atoms with Gasteiger partial charge in [-0.15, -0.1) is 0 Å². The van der Waals surface area contributed by atoms with E-state index in [1.807, 2.05) is 0 Å². The smallest absolute Gasteiger partial charge is 0.0726 e. The summed E-state index contributed by atoms with van der Waals surface area (Å²) in [4.78, 5) is 2.56. The largest absolute Gasteiger partial charge is 0.309 e. The van der Waals surface area contributed by atoms with Gasteiger partial charge >= 0.3 is 0 Å². The van der Waals surface area contributed by atoms with Crippen molar-refractivity contribution in [3.63, 3.8) is 0 Å². The molecule has 0 saturated heterocycles. The van der Waals surface area contributed by atoms with Gasteiger partial charge in [-0.2, -0.15) is 0 Å².